The van der Waals surface area contributed by atoms with Crippen molar-refractivity contribution in [1.82, 2.24) is 0 Å². The summed E-state index contributed by atoms with van der Waals surface area (Å²) in [6.07, 6.45) is -4.70. The normalized spacial score (nSPS) is 13.5. The van der Waals surface area contributed by atoms with Crippen LogP contribution in [0.25, 0.3) is 0 Å². The minimum Gasteiger partial charge on any atom is -0.176 e. The van der Waals surface area contributed by atoms with Gasteiger partial charge in [-0.2, -0.15) is 24.3 Å². The number of hydrogen-bond acceptors (Lipinski definition) is 0. The monoisotopic (exact) mass is 162 g/mol. The van der Waals surface area contributed by atoms with Crippen LogP contribution in [0.15, 0.2) is 0 Å². The van der Waals surface area contributed by atoms with Crippen LogP contribution in [-0.2, 0) is 0 Å². The highest BCUT2D eigenvalue weighted by molar-refractivity contribution is 6.93. The van der Waals surface area contributed by atoms with E-state index >= 15 is 0 Å². The van der Waals surface area contributed by atoms with Crippen molar-refractivity contribution in [2.45, 2.75) is 18.6 Å². The molecule has 0 aromatic heterocycles. The molecule has 0 aromatic carbocycles. The van der Waals surface area contributed by atoms with Gasteiger partial charge >= 0.3 is 6.18 Å². The molecule has 0 saturated carbocycles. The molecule has 50 valence electrons. The van der Waals surface area contributed by atoms with Gasteiger partial charge in [-0.3, -0.25) is 0 Å². The Balaban J connectivity index is 3.11. The third kappa shape index (κ3) is 6.30. The van der Waals surface area contributed by atoms with Crippen molar-refractivity contribution in [3.05, 3.63) is 0 Å². The van der Waals surface area contributed by atoms with Gasteiger partial charge in [0, 0.05) is 6.42 Å². The summed E-state index contributed by atoms with van der Waals surface area (Å²) in [6.45, 7) is 0. The first-order valence-electron chi connectivity index (χ1n) is 2.19. The molecule has 5 heteroatoms. The summed E-state index contributed by atoms with van der Waals surface area (Å²) in [5.74, 6) is 0. The van der Waals surface area contributed by atoms with Crippen molar-refractivity contribution in [3.8, 4) is 0 Å². The van der Waals surface area contributed by atoms with E-state index in [0.717, 1.165) is 0 Å². The van der Waals surface area contributed by atoms with Crippen LogP contribution >= 0.6 is 11.1 Å². The van der Waals surface area contributed by atoms with Gasteiger partial charge in [0.1, 0.15) is 8.83 Å². The third-order valence-corrected chi connectivity index (χ3v) is 2.02. The van der Waals surface area contributed by atoms with E-state index in [4.69, 9.17) is 11.1 Å². The Labute approximate surface area is 52.5 Å². The Morgan fingerprint density at radius 3 is 2.00 bits per heavy atom. The zero-order valence-corrected chi connectivity index (χ0v) is 6.30. The maximum atomic E-state index is 11.2. The van der Waals surface area contributed by atoms with Gasteiger partial charge in [0.15, 0.2) is 0 Å². The second kappa shape index (κ2) is 3.35. The molecule has 0 rings (SSSR count). The standard InChI is InChI=1S/C3H6ClF3Si/c4-8-2-1-3(5,6)7/h1-2,8H2. The fourth-order valence-corrected chi connectivity index (χ4v) is 1.20. The second-order valence-corrected chi connectivity index (χ2v) is 3.63. The Kier molecular flexibility index (Phi) is 3.47. The van der Waals surface area contributed by atoms with Crippen molar-refractivity contribution in [3.63, 3.8) is 0 Å². The van der Waals surface area contributed by atoms with Gasteiger partial charge in [-0.25, -0.2) is 0 Å². The highest BCUT2D eigenvalue weighted by atomic mass is 35.6. The van der Waals surface area contributed by atoms with Gasteiger partial charge in [0.25, 0.3) is 0 Å². The zero-order valence-electron chi connectivity index (χ0n) is 4.13. The number of rotatable bonds is 2. The fraction of sp³-hybridized carbons (Fsp3) is 1.00. The second-order valence-electron chi connectivity index (χ2n) is 1.41. The van der Waals surface area contributed by atoms with Gasteiger partial charge in [-0.05, 0) is 6.04 Å². The lowest BCUT2D eigenvalue weighted by molar-refractivity contribution is -0.130. The summed E-state index contributed by atoms with van der Waals surface area (Å²) >= 11 is 5.15. The van der Waals surface area contributed by atoms with Crippen LogP contribution < -0.4 is 0 Å². The summed E-state index contributed by atoms with van der Waals surface area (Å²) in [4.78, 5) is 0. The Morgan fingerprint density at radius 1 is 1.38 bits per heavy atom. The van der Waals surface area contributed by atoms with Crippen molar-refractivity contribution in [2.75, 3.05) is 0 Å². The van der Waals surface area contributed by atoms with Crippen molar-refractivity contribution < 1.29 is 13.2 Å². The molecule has 0 N–H and O–H groups in total. The maximum Gasteiger partial charge on any atom is 0.388 e. The molecular formula is C3H6ClF3Si. The number of halogens is 4. The van der Waals surface area contributed by atoms with Crippen LogP contribution in [0.3, 0.4) is 0 Å². The van der Waals surface area contributed by atoms with E-state index in [-0.39, 0.29) is 6.04 Å². The molecule has 0 aliphatic heterocycles. The average molecular weight is 163 g/mol. The number of alkyl halides is 3. The first-order valence-corrected chi connectivity index (χ1v) is 5.33. The van der Waals surface area contributed by atoms with E-state index in [1.54, 1.807) is 0 Å². The van der Waals surface area contributed by atoms with Gasteiger partial charge in [-0.1, -0.05) is 0 Å². The molecule has 0 amide bonds. The average Bonchev–Trinajstić information content (AvgIpc) is 1.59. The maximum absolute atomic E-state index is 11.2. The largest absolute Gasteiger partial charge is 0.388 e. The van der Waals surface area contributed by atoms with Crippen LogP contribution in [-0.4, -0.2) is 15.0 Å². The molecule has 0 aliphatic carbocycles. The molecule has 0 fully saturated rings. The van der Waals surface area contributed by atoms with Crippen LogP contribution in [0.4, 0.5) is 13.2 Å². The zero-order chi connectivity index (χ0) is 6.62. The molecule has 0 unspecified atom stereocenters. The highest BCUT2D eigenvalue weighted by Gasteiger charge is 2.25. The molecule has 0 heterocycles. The molecule has 0 atom stereocenters. The Hall–Kier alpha value is 0.297. The predicted octanol–water partition coefficient (Wildman–Crippen LogP) is 1.68. The Morgan fingerprint density at radius 2 is 1.88 bits per heavy atom. The first-order chi connectivity index (χ1) is 3.56. The van der Waals surface area contributed by atoms with Crippen LogP contribution in [0, 0.1) is 0 Å². The minimum atomic E-state index is -4.00. The van der Waals surface area contributed by atoms with Gasteiger partial charge in [0.05, 0.1) is 0 Å². The minimum absolute atomic E-state index is 0.158. The molecule has 0 radical (unpaired) electrons. The van der Waals surface area contributed by atoms with E-state index in [1.165, 1.54) is 0 Å². The van der Waals surface area contributed by atoms with E-state index < -0.39 is 21.4 Å². The summed E-state index contributed by atoms with van der Waals surface area (Å²) in [5.41, 5.74) is 0. The van der Waals surface area contributed by atoms with E-state index in [9.17, 15) is 13.2 Å². The van der Waals surface area contributed by atoms with Crippen molar-refractivity contribution in [1.29, 1.82) is 0 Å². The van der Waals surface area contributed by atoms with Crippen LogP contribution in [0.2, 0.25) is 6.04 Å². The van der Waals surface area contributed by atoms with E-state index in [0.29, 0.717) is 0 Å². The highest BCUT2D eigenvalue weighted by Crippen LogP contribution is 2.21. The van der Waals surface area contributed by atoms with Crippen LogP contribution in [0.1, 0.15) is 6.42 Å². The van der Waals surface area contributed by atoms with Gasteiger partial charge in [-0.15, -0.1) is 0 Å². The molecule has 0 spiro atoms. The SMILES string of the molecule is FC(F)(F)CC[SiH2]Cl. The quantitative estimate of drug-likeness (QED) is 0.428. The van der Waals surface area contributed by atoms with Gasteiger partial charge < -0.3 is 0 Å². The van der Waals surface area contributed by atoms with E-state index in [1.807, 2.05) is 0 Å². The van der Waals surface area contributed by atoms with Crippen molar-refractivity contribution in [2.24, 2.45) is 0 Å². The smallest absolute Gasteiger partial charge is 0.176 e. The molecule has 8 heavy (non-hydrogen) atoms. The molecule has 0 aliphatic rings. The molecule has 0 bridgehead atoms. The molecule has 0 aromatic rings. The fourth-order valence-electron chi connectivity index (χ4n) is 0.267. The first kappa shape index (κ1) is 8.30. The topological polar surface area (TPSA) is 0 Å². The summed E-state index contributed by atoms with van der Waals surface area (Å²) in [7, 11) is -0.914. The third-order valence-electron chi connectivity index (χ3n) is 0.594. The lowest BCUT2D eigenvalue weighted by atomic mass is 10.5. The van der Waals surface area contributed by atoms with E-state index in [2.05, 4.69) is 0 Å². The lowest BCUT2D eigenvalue weighted by Gasteiger charge is -2.01. The molecular weight excluding hydrogens is 157 g/mol. The van der Waals surface area contributed by atoms with Crippen LogP contribution in [0.5, 0.6) is 0 Å². The lowest BCUT2D eigenvalue weighted by Crippen LogP contribution is -2.06. The van der Waals surface area contributed by atoms with Gasteiger partial charge in [0.2, 0.25) is 0 Å². The predicted molar refractivity (Wildman–Crippen MR) is 29.9 cm³/mol. The summed E-state index contributed by atoms with van der Waals surface area (Å²) < 4.78 is 33.6. The summed E-state index contributed by atoms with van der Waals surface area (Å²) in [6, 6.07) is 0.158. The molecule has 0 nitrogen and oxygen atoms in total. The molecule has 0 saturated heterocycles. The summed E-state index contributed by atoms with van der Waals surface area (Å²) in [5, 5.41) is 0. The number of hydrogen-bond donors (Lipinski definition) is 0. The van der Waals surface area contributed by atoms with Crippen molar-refractivity contribution >= 4 is 19.9 Å². The Bertz CT molecular complexity index is 62.0.